The zero-order valence-corrected chi connectivity index (χ0v) is 35.4. The largest absolute Gasteiger partial charge is 0.455 e. The first-order valence-corrected chi connectivity index (χ1v) is 22.1. The van der Waals surface area contributed by atoms with Crippen LogP contribution in [0.4, 0.5) is 26.3 Å². The monoisotopic (exact) mass is 906 g/mol. The van der Waals surface area contributed by atoms with E-state index in [0.29, 0.717) is 77.1 Å². The zero-order chi connectivity index (χ0) is 45.3. The van der Waals surface area contributed by atoms with E-state index in [1.165, 1.54) is 35.6 Å². The van der Waals surface area contributed by atoms with Crippen molar-refractivity contribution in [3.05, 3.63) is 181 Å². The first kappa shape index (κ1) is 39.4. The van der Waals surface area contributed by atoms with Gasteiger partial charge in [0.15, 0.2) is 0 Å². The maximum atomic E-state index is 14.5. The summed E-state index contributed by atoms with van der Waals surface area (Å²) >= 11 is 1.46. The number of hydrogen-bond donors (Lipinski definition) is 0. The molecule has 4 aromatic heterocycles. The van der Waals surface area contributed by atoms with Crippen molar-refractivity contribution in [2.45, 2.75) is 12.4 Å². The third-order valence-electron chi connectivity index (χ3n) is 12.8. The van der Waals surface area contributed by atoms with E-state index in [4.69, 9.17) is 18.8 Å². The van der Waals surface area contributed by atoms with Gasteiger partial charge in [-0.1, -0.05) is 121 Å². The van der Waals surface area contributed by atoms with Crippen molar-refractivity contribution in [3.63, 3.8) is 0 Å². The van der Waals surface area contributed by atoms with Crippen LogP contribution in [0.1, 0.15) is 11.1 Å². The quantitative estimate of drug-likeness (QED) is 0.130. The predicted octanol–water partition coefficient (Wildman–Crippen LogP) is 17.7. The Hall–Kier alpha value is -8.02. The number of furan rings is 2. The van der Waals surface area contributed by atoms with E-state index in [1.54, 1.807) is 48.5 Å². The maximum Gasteiger partial charge on any atom is 0.417 e. The highest BCUT2D eigenvalue weighted by molar-refractivity contribution is 7.21. The molecule has 4 heterocycles. The molecule has 0 N–H and O–H groups in total. The van der Waals surface area contributed by atoms with Gasteiger partial charge in [-0.05, 0) is 81.6 Å². The highest BCUT2D eigenvalue weighted by atomic mass is 32.1. The Morgan fingerprint density at radius 2 is 0.731 bits per heavy atom. The van der Waals surface area contributed by atoms with Gasteiger partial charge >= 0.3 is 12.4 Å². The fourth-order valence-corrected chi connectivity index (χ4v) is 11.0. The van der Waals surface area contributed by atoms with Crippen LogP contribution in [0, 0.1) is 0 Å². The van der Waals surface area contributed by atoms with Crippen LogP contribution in [0.15, 0.2) is 179 Å². The third kappa shape index (κ3) is 6.00. The van der Waals surface area contributed by atoms with Crippen molar-refractivity contribution in [2.75, 3.05) is 0 Å². The average molecular weight is 907 g/mol. The lowest BCUT2D eigenvalue weighted by Crippen LogP contribution is -2.07. The third-order valence-corrected chi connectivity index (χ3v) is 14.0. The number of halogens is 6. The van der Waals surface area contributed by atoms with Crippen molar-refractivity contribution in [1.29, 1.82) is 0 Å². The van der Waals surface area contributed by atoms with Gasteiger partial charge in [-0.15, -0.1) is 11.3 Å². The molecule has 0 spiro atoms. The predicted molar refractivity (Wildman–Crippen MR) is 256 cm³/mol. The average Bonchev–Trinajstić information content (AvgIpc) is 4.04. The summed E-state index contributed by atoms with van der Waals surface area (Å²) in [6.07, 6.45) is -9.26. The number of para-hydroxylation sites is 4. The fraction of sp³-hybridized carbons (Fsp3) is 0.0357. The highest BCUT2D eigenvalue weighted by Gasteiger charge is 2.35. The molecule has 4 nitrogen and oxygen atoms in total. The summed E-state index contributed by atoms with van der Waals surface area (Å²) in [5.41, 5.74) is 5.02. The molecule has 9 aromatic carbocycles. The van der Waals surface area contributed by atoms with Crippen molar-refractivity contribution in [3.8, 4) is 43.1 Å². The van der Waals surface area contributed by atoms with Gasteiger partial charge in [0, 0.05) is 43.4 Å². The van der Waals surface area contributed by atoms with Gasteiger partial charge in [0.25, 0.3) is 0 Å². The van der Waals surface area contributed by atoms with Gasteiger partial charge in [0.05, 0.1) is 31.9 Å². The molecule has 0 aliphatic rings. The van der Waals surface area contributed by atoms with Crippen LogP contribution in [-0.4, -0.2) is 9.97 Å². The second-order valence-corrected chi connectivity index (χ2v) is 17.6. The number of fused-ring (bicyclic) bond motifs is 13. The molecule has 0 saturated heterocycles. The van der Waals surface area contributed by atoms with Gasteiger partial charge in [-0.2, -0.15) is 26.3 Å². The number of alkyl halides is 6. The second-order valence-electron chi connectivity index (χ2n) is 16.5. The first-order chi connectivity index (χ1) is 32.5. The molecule has 0 unspecified atom stereocenters. The summed E-state index contributed by atoms with van der Waals surface area (Å²) < 4.78 is 100. The smallest absolute Gasteiger partial charge is 0.417 e. The van der Waals surface area contributed by atoms with E-state index in [9.17, 15) is 26.3 Å². The minimum atomic E-state index is -4.63. The standard InChI is InChI=1S/C56H28F6N2O2S/c57-55(58,59)43-19-5-1-11-31(43)29-23-25-33-34-26-24-30(32-12-2-6-20-44(32)56(60,61)62)28-42(34)48-47(41(33)27-29)63-49-50(64-48)54(40-18-10-16-38-36-14-4-8-22-46(36)66-52(38)40)67-53(49)39-17-9-15-37-35-13-3-7-21-45(35)65-51(37)39/h1-28H. The second kappa shape index (κ2) is 14.2. The van der Waals surface area contributed by atoms with Crippen molar-refractivity contribution in [2.24, 2.45) is 0 Å². The summed E-state index contributed by atoms with van der Waals surface area (Å²) in [5.74, 6) is 0. The van der Waals surface area contributed by atoms with E-state index in [0.717, 1.165) is 54.6 Å². The Morgan fingerprint density at radius 3 is 1.18 bits per heavy atom. The molecule has 11 heteroatoms. The fourth-order valence-electron chi connectivity index (χ4n) is 9.79. The topological polar surface area (TPSA) is 52.1 Å². The number of nitrogens with zero attached hydrogens (tertiary/aromatic N) is 2. The molecule has 322 valence electrons. The number of thiophene rings is 1. The summed E-state index contributed by atoms with van der Waals surface area (Å²) in [6.45, 7) is 0. The van der Waals surface area contributed by atoms with E-state index in [1.807, 2.05) is 84.9 Å². The summed E-state index contributed by atoms with van der Waals surface area (Å²) in [7, 11) is 0. The van der Waals surface area contributed by atoms with Crippen LogP contribution in [0.2, 0.25) is 0 Å². The minimum Gasteiger partial charge on any atom is -0.455 e. The molecule has 13 aromatic rings. The normalized spacial score (nSPS) is 12.6. The maximum absolute atomic E-state index is 14.5. The van der Waals surface area contributed by atoms with Crippen LogP contribution < -0.4 is 0 Å². The number of hydrogen-bond acceptors (Lipinski definition) is 5. The molecular formula is C56H28F6N2O2S. The lowest BCUT2D eigenvalue weighted by molar-refractivity contribution is -0.137. The highest BCUT2D eigenvalue weighted by Crippen LogP contribution is 2.50. The van der Waals surface area contributed by atoms with E-state index >= 15 is 0 Å². The lowest BCUT2D eigenvalue weighted by Gasteiger charge is -2.16. The molecule has 13 rings (SSSR count). The molecular weight excluding hydrogens is 879 g/mol. The molecule has 0 saturated carbocycles. The summed E-state index contributed by atoms with van der Waals surface area (Å²) in [4.78, 5) is 12.5. The Kier molecular flexibility index (Phi) is 8.36. The number of rotatable bonds is 4. The van der Waals surface area contributed by atoms with Crippen LogP contribution in [0.25, 0.3) is 131 Å². The number of aromatic nitrogens is 2. The molecule has 0 atom stereocenters. The molecule has 0 radical (unpaired) electrons. The Balaban J connectivity index is 1.19. The molecule has 0 fully saturated rings. The van der Waals surface area contributed by atoms with Crippen LogP contribution in [0.5, 0.6) is 0 Å². The van der Waals surface area contributed by atoms with Crippen LogP contribution >= 0.6 is 11.3 Å². The van der Waals surface area contributed by atoms with Crippen molar-refractivity contribution in [1.82, 2.24) is 9.97 Å². The van der Waals surface area contributed by atoms with E-state index in [-0.39, 0.29) is 11.1 Å². The Bertz CT molecular complexity index is 3950. The zero-order valence-electron chi connectivity index (χ0n) is 34.6. The van der Waals surface area contributed by atoms with E-state index < -0.39 is 23.5 Å². The van der Waals surface area contributed by atoms with Crippen LogP contribution in [-0.2, 0) is 12.4 Å². The van der Waals surface area contributed by atoms with Gasteiger partial charge in [0.2, 0.25) is 0 Å². The van der Waals surface area contributed by atoms with Crippen molar-refractivity contribution < 1.29 is 35.2 Å². The minimum absolute atomic E-state index is 0.00714. The molecule has 0 bridgehead atoms. The van der Waals surface area contributed by atoms with Gasteiger partial charge in [-0.3, -0.25) is 0 Å². The molecule has 0 amide bonds. The van der Waals surface area contributed by atoms with Crippen molar-refractivity contribution >= 4 is 98.8 Å². The molecule has 0 aliphatic carbocycles. The van der Waals surface area contributed by atoms with Gasteiger partial charge in [-0.25, -0.2) is 9.97 Å². The lowest BCUT2D eigenvalue weighted by atomic mass is 9.91. The SMILES string of the molecule is FC(F)(F)c1ccccc1-c1ccc2c3ccc(-c4ccccc4C(F)(F)F)cc3c3nc4c(-c5cccc6c5oc5ccccc56)sc(-c5cccc6c5oc5ccccc56)c4nc3c2c1. The van der Waals surface area contributed by atoms with Gasteiger partial charge in [0.1, 0.15) is 33.4 Å². The van der Waals surface area contributed by atoms with Crippen LogP contribution in [0.3, 0.4) is 0 Å². The summed E-state index contributed by atoms with van der Waals surface area (Å²) in [6, 6.07) is 48.5. The van der Waals surface area contributed by atoms with E-state index in [2.05, 4.69) is 0 Å². The summed E-state index contributed by atoms with van der Waals surface area (Å²) in [5, 5.41) is 6.02. The molecule has 67 heavy (non-hydrogen) atoms. The molecule has 0 aliphatic heterocycles. The van der Waals surface area contributed by atoms with Gasteiger partial charge < -0.3 is 8.83 Å². The Labute approximate surface area is 379 Å². The Morgan fingerprint density at radius 1 is 0.343 bits per heavy atom. The first-order valence-electron chi connectivity index (χ1n) is 21.3. The number of benzene rings is 9.